The fourth-order valence-corrected chi connectivity index (χ4v) is 1.99. The fourth-order valence-electron chi connectivity index (χ4n) is 1.63. The summed E-state index contributed by atoms with van der Waals surface area (Å²) in [5.74, 6) is 0.656. The van der Waals surface area contributed by atoms with Crippen LogP contribution in [0.15, 0.2) is 42.6 Å². The topological polar surface area (TPSA) is 34.1 Å². The Morgan fingerprint density at radius 2 is 1.83 bits per heavy atom. The Bertz CT molecular complexity index is 499. The van der Waals surface area contributed by atoms with Gasteiger partial charge in [0.25, 0.3) is 0 Å². The highest BCUT2D eigenvalue weighted by Crippen LogP contribution is 2.09. The maximum atomic E-state index is 5.09. The van der Waals surface area contributed by atoms with Gasteiger partial charge in [0, 0.05) is 28.9 Å². The molecule has 1 heterocycles. The summed E-state index contributed by atoms with van der Waals surface area (Å²) in [4.78, 5) is 4.08. The second-order valence-electron chi connectivity index (χ2n) is 3.94. The summed E-state index contributed by atoms with van der Waals surface area (Å²) in [6, 6.07) is 12.5. The van der Waals surface area contributed by atoms with Crippen LogP contribution in [0.2, 0.25) is 0 Å². The van der Waals surface area contributed by atoms with Crippen molar-refractivity contribution in [3.8, 4) is 5.88 Å². The Morgan fingerprint density at radius 3 is 2.56 bits per heavy atom. The first kappa shape index (κ1) is 13.3. The van der Waals surface area contributed by atoms with Crippen molar-refractivity contribution < 1.29 is 4.74 Å². The molecule has 0 aliphatic rings. The number of benzene rings is 1. The fraction of sp³-hybridized carbons (Fsp3) is 0.214. The number of hydrogen-bond acceptors (Lipinski definition) is 3. The minimum absolute atomic E-state index is 0.656. The van der Waals surface area contributed by atoms with Crippen molar-refractivity contribution in [3.05, 3.63) is 57.3 Å². The van der Waals surface area contributed by atoms with Gasteiger partial charge in [-0.2, -0.15) is 0 Å². The molecular formula is C14H15IN2O. The average Bonchev–Trinajstić information content (AvgIpc) is 2.41. The maximum absolute atomic E-state index is 5.09. The maximum Gasteiger partial charge on any atom is 0.213 e. The van der Waals surface area contributed by atoms with Crippen LogP contribution in [0.3, 0.4) is 0 Å². The third-order valence-electron chi connectivity index (χ3n) is 2.58. The summed E-state index contributed by atoms with van der Waals surface area (Å²) < 4.78 is 6.35. The van der Waals surface area contributed by atoms with Crippen LogP contribution in [0.25, 0.3) is 0 Å². The van der Waals surface area contributed by atoms with E-state index >= 15 is 0 Å². The van der Waals surface area contributed by atoms with E-state index in [0.29, 0.717) is 5.88 Å². The van der Waals surface area contributed by atoms with Crippen LogP contribution in [-0.2, 0) is 13.1 Å². The normalized spacial score (nSPS) is 10.3. The number of nitrogens with zero attached hydrogens (tertiary/aromatic N) is 1. The molecule has 0 aliphatic heterocycles. The predicted octanol–water partition coefficient (Wildman–Crippen LogP) is 2.98. The molecule has 0 saturated heterocycles. The van der Waals surface area contributed by atoms with Gasteiger partial charge in [0.1, 0.15) is 0 Å². The van der Waals surface area contributed by atoms with Gasteiger partial charge < -0.3 is 10.1 Å². The standard InChI is InChI=1S/C14H15IN2O/c1-18-14-8-12(6-7-17-14)10-16-9-11-2-4-13(15)5-3-11/h2-8,16H,9-10H2,1H3. The zero-order chi connectivity index (χ0) is 12.8. The van der Waals surface area contributed by atoms with Gasteiger partial charge in [-0.05, 0) is 51.9 Å². The van der Waals surface area contributed by atoms with Crippen LogP contribution in [0.1, 0.15) is 11.1 Å². The van der Waals surface area contributed by atoms with Crippen molar-refractivity contribution in [2.75, 3.05) is 7.11 Å². The summed E-state index contributed by atoms with van der Waals surface area (Å²) in [7, 11) is 1.63. The molecule has 0 spiro atoms. The largest absolute Gasteiger partial charge is 0.481 e. The lowest BCUT2D eigenvalue weighted by Gasteiger charge is -2.06. The second kappa shape index (κ2) is 6.70. The number of aromatic nitrogens is 1. The molecule has 0 unspecified atom stereocenters. The van der Waals surface area contributed by atoms with E-state index < -0.39 is 0 Å². The molecule has 2 rings (SSSR count). The number of nitrogens with one attached hydrogen (secondary N) is 1. The van der Waals surface area contributed by atoms with Gasteiger partial charge in [-0.3, -0.25) is 0 Å². The highest BCUT2D eigenvalue weighted by Gasteiger charge is 1.97. The molecule has 0 radical (unpaired) electrons. The lowest BCUT2D eigenvalue weighted by atomic mass is 10.2. The van der Waals surface area contributed by atoms with Crippen LogP contribution >= 0.6 is 22.6 Å². The lowest BCUT2D eigenvalue weighted by Crippen LogP contribution is -2.12. The van der Waals surface area contributed by atoms with Gasteiger partial charge in [-0.1, -0.05) is 12.1 Å². The van der Waals surface area contributed by atoms with Gasteiger partial charge >= 0.3 is 0 Å². The summed E-state index contributed by atoms with van der Waals surface area (Å²) in [5.41, 5.74) is 2.46. The number of methoxy groups -OCH3 is 1. The van der Waals surface area contributed by atoms with Crippen molar-refractivity contribution in [2.24, 2.45) is 0 Å². The molecule has 1 N–H and O–H groups in total. The number of rotatable bonds is 5. The Hall–Kier alpha value is -1.14. The lowest BCUT2D eigenvalue weighted by molar-refractivity contribution is 0.397. The molecule has 0 aliphatic carbocycles. The van der Waals surface area contributed by atoms with Crippen molar-refractivity contribution in [2.45, 2.75) is 13.1 Å². The SMILES string of the molecule is COc1cc(CNCc2ccc(I)cc2)ccn1. The quantitative estimate of drug-likeness (QED) is 0.839. The number of ether oxygens (including phenoxy) is 1. The Balaban J connectivity index is 1.86. The van der Waals surface area contributed by atoms with Crippen LogP contribution in [0.4, 0.5) is 0 Å². The first-order valence-electron chi connectivity index (χ1n) is 5.72. The molecule has 1 aromatic carbocycles. The number of hydrogen-bond donors (Lipinski definition) is 1. The Morgan fingerprint density at radius 1 is 1.11 bits per heavy atom. The molecule has 4 heteroatoms. The van der Waals surface area contributed by atoms with Crippen molar-refractivity contribution in [3.63, 3.8) is 0 Å². The zero-order valence-corrected chi connectivity index (χ0v) is 12.3. The monoisotopic (exact) mass is 354 g/mol. The van der Waals surface area contributed by atoms with Gasteiger partial charge in [0.2, 0.25) is 5.88 Å². The van der Waals surface area contributed by atoms with E-state index in [2.05, 4.69) is 57.2 Å². The predicted molar refractivity (Wildman–Crippen MR) is 80.5 cm³/mol. The molecule has 2 aromatic rings. The first-order valence-corrected chi connectivity index (χ1v) is 6.80. The van der Waals surface area contributed by atoms with E-state index in [1.54, 1.807) is 13.3 Å². The van der Waals surface area contributed by atoms with Gasteiger partial charge in [-0.25, -0.2) is 4.98 Å². The summed E-state index contributed by atoms with van der Waals surface area (Å²) in [6.07, 6.45) is 1.76. The summed E-state index contributed by atoms with van der Waals surface area (Å²) in [6.45, 7) is 1.67. The molecule has 0 bridgehead atoms. The molecule has 18 heavy (non-hydrogen) atoms. The molecule has 0 amide bonds. The van der Waals surface area contributed by atoms with E-state index in [1.165, 1.54) is 14.7 Å². The van der Waals surface area contributed by atoms with Crippen LogP contribution in [0.5, 0.6) is 5.88 Å². The van der Waals surface area contributed by atoms with E-state index in [-0.39, 0.29) is 0 Å². The highest BCUT2D eigenvalue weighted by atomic mass is 127. The van der Waals surface area contributed by atoms with E-state index in [0.717, 1.165) is 13.1 Å². The zero-order valence-electron chi connectivity index (χ0n) is 10.2. The molecule has 1 aromatic heterocycles. The summed E-state index contributed by atoms with van der Waals surface area (Å²) in [5, 5.41) is 3.40. The van der Waals surface area contributed by atoms with Gasteiger partial charge in [0.15, 0.2) is 0 Å². The molecule has 0 fully saturated rings. The van der Waals surface area contributed by atoms with Gasteiger partial charge in [0.05, 0.1) is 7.11 Å². The first-order chi connectivity index (χ1) is 8.78. The van der Waals surface area contributed by atoms with E-state index in [9.17, 15) is 0 Å². The highest BCUT2D eigenvalue weighted by molar-refractivity contribution is 14.1. The number of pyridine rings is 1. The third-order valence-corrected chi connectivity index (χ3v) is 3.30. The molecular weight excluding hydrogens is 339 g/mol. The van der Waals surface area contributed by atoms with Gasteiger partial charge in [-0.15, -0.1) is 0 Å². The number of halogens is 1. The second-order valence-corrected chi connectivity index (χ2v) is 5.18. The molecule has 94 valence electrons. The average molecular weight is 354 g/mol. The van der Waals surface area contributed by atoms with Crippen LogP contribution in [0, 0.1) is 3.57 Å². The minimum atomic E-state index is 0.656. The molecule has 3 nitrogen and oxygen atoms in total. The smallest absolute Gasteiger partial charge is 0.213 e. The van der Waals surface area contributed by atoms with Crippen LogP contribution in [-0.4, -0.2) is 12.1 Å². The van der Waals surface area contributed by atoms with Crippen LogP contribution < -0.4 is 10.1 Å². The Kier molecular flexibility index (Phi) is 4.95. The van der Waals surface area contributed by atoms with Crippen molar-refractivity contribution >= 4 is 22.6 Å². The molecule has 0 saturated carbocycles. The minimum Gasteiger partial charge on any atom is -0.481 e. The van der Waals surface area contributed by atoms with Crippen molar-refractivity contribution in [1.29, 1.82) is 0 Å². The third kappa shape index (κ3) is 3.96. The van der Waals surface area contributed by atoms with E-state index in [1.807, 2.05) is 12.1 Å². The summed E-state index contributed by atoms with van der Waals surface area (Å²) >= 11 is 2.31. The van der Waals surface area contributed by atoms with E-state index in [4.69, 9.17) is 4.74 Å². The Labute approximate surface area is 121 Å². The molecule has 0 atom stereocenters. The van der Waals surface area contributed by atoms with Crippen molar-refractivity contribution in [1.82, 2.24) is 10.3 Å².